The number of halogens is 2. The molecule has 0 fully saturated rings. The molecule has 0 unspecified atom stereocenters. The Morgan fingerprint density at radius 3 is 1.45 bits per heavy atom. The molecule has 0 saturated heterocycles. The van der Waals surface area contributed by atoms with Gasteiger partial charge in [0.1, 0.15) is 23.1 Å². The van der Waals surface area contributed by atoms with Gasteiger partial charge in [-0.1, -0.05) is 0 Å². The van der Waals surface area contributed by atoms with Crippen molar-refractivity contribution >= 4 is 23.3 Å². The van der Waals surface area contributed by atoms with Gasteiger partial charge in [-0.3, -0.25) is 0 Å². The van der Waals surface area contributed by atoms with Crippen molar-refractivity contribution in [3.63, 3.8) is 0 Å². The van der Waals surface area contributed by atoms with Crippen molar-refractivity contribution in [3.8, 4) is 11.5 Å². The maximum absolute atomic E-state index is 13.2. The van der Waals surface area contributed by atoms with Gasteiger partial charge in [0.25, 0.3) is 0 Å². The van der Waals surface area contributed by atoms with Crippen LogP contribution in [0, 0.1) is 11.6 Å². The largest absolute Gasteiger partial charge is 0.423 e. The van der Waals surface area contributed by atoms with Crippen LogP contribution in [0.15, 0.2) is 36.4 Å². The zero-order valence-electron chi connectivity index (χ0n) is 11.0. The van der Waals surface area contributed by atoms with Crippen LogP contribution in [0.5, 0.6) is 11.5 Å². The highest BCUT2D eigenvalue weighted by Gasteiger charge is 2.20. The molecular formula is C14H10F2N2O4. The topological polar surface area (TPSA) is 105 Å². The lowest BCUT2D eigenvalue weighted by Crippen LogP contribution is -2.25. The molecule has 4 N–H and O–H groups in total. The molecule has 0 bridgehead atoms. The van der Waals surface area contributed by atoms with E-state index in [-0.39, 0.29) is 22.9 Å². The summed E-state index contributed by atoms with van der Waals surface area (Å²) in [4.78, 5) is 23.0. The fraction of sp³-hybridized carbons (Fsp3) is 0. The molecule has 0 saturated carbocycles. The summed E-state index contributed by atoms with van der Waals surface area (Å²) in [5, 5.41) is 0. The number of hydrogen-bond acceptors (Lipinski definition) is 6. The van der Waals surface area contributed by atoms with Gasteiger partial charge in [-0.25, -0.2) is 18.4 Å². The Kier molecular flexibility index (Phi) is 4.21. The van der Waals surface area contributed by atoms with Crippen molar-refractivity contribution in [2.24, 2.45) is 0 Å². The summed E-state index contributed by atoms with van der Waals surface area (Å²) in [6.07, 6.45) is 0. The molecule has 0 spiro atoms. The summed E-state index contributed by atoms with van der Waals surface area (Å²) in [6.45, 7) is 0. The van der Waals surface area contributed by atoms with E-state index in [4.69, 9.17) is 11.5 Å². The Morgan fingerprint density at radius 2 is 1.14 bits per heavy atom. The van der Waals surface area contributed by atoms with E-state index in [2.05, 4.69) is 9.47 Å². The van der Waals surface area contributed by atoms with Gasteiger partial charge in [-0.05, 0) is 24.3 Å². The van der Waals surface area contributed by atoms with E-state index in [1.54, 1.807) is 0 Å². The molecular weight excluding hydrogens is 298 g/mol. The minimum atomic E-state index is -1.40. The van der Waals surface area contributed by atoms with Crippen LogP contribution in [0.4, 0.5) is 20.2 Å². The molecule has 114 valence electrons. The van der Waals surface area contributed by atoms with Crippen molar-refractivity contribution in [1.29, 1.82) is 0 Å². The highest BCUT2D eigenvalue weighted by molar-refractivity contribution is 6.31. The SMILES string of the molecule is Nc1ccc(OC(=O)C(=O)Oc2ccc(N)c(F)c2)cc1F. The predicted octanol–water partition coefficient (Wildman–Crippen LogP) is 1.64. The van der Waals surface area contributed by atoms with Crippen LogP contribution < -0.4 is 20.9 Å². The summed E-state index contributed by atoms with van der Waals surface area (Å²) in [5.41, 5.74) is 10.2. The van der Waals surface area contributed by atoms with E-state index in [9.17, 15) is 18.4 Å². The first kappa shape index (κ1) is 15.2. The summed E-state index contributed by atoms with van der Waals surface area (Å²) >= 11 is 0. The average Bonchev–Trinajstić information content (AvgIpc) is 2.46. The predicted molar refractivity (Wildman–Crippen MR) is 72.9 cm³/mol. The normalized spacial score (nSPS) is 10.1. The van der Waals surface area contributed by atoms with Gasteiger partial charge >= 0.3 is 11.9 Å². The zero-order chi connectivity index (χ0) is 16.3. The molecule has 0 heterocycles. The van der Waals surface area contributed by atoms with Crippen LogP contribution in [0.2, 0.25) is 0 Å². The number of esters is 2. The molecule has 2 aromatic carbocycles. The van der Waals surface area contributed by atoms with Gasteiger partial charge in [-0.2, -0.15) is 0 Å². The van der Waals surface area contributed by atoms with Crippen LogP contribution in [0.25, 0.3) is 0 Å². The molecule has 0 atom stereocenters. The van der Waals surface area contributed by atoms with Crippen LogP contribution in [-0.2, 0) is 9.59 Å². The van der Waals surface area contributed by atoms with E-state index < -0.39 is 23.6 Å². The number of ether oxygens (including phenoxy) is 2. The number of hydrogen-bond donors (Lipinski definition) is 2. The second-order valence-corrected chi connectivity index (χ2v) is 4.15. The number of nitrogen functional groups attached to an aromatic ring is 2. The van der Waals surface area contributed by atoms with Crippen molar-refractivity contribution in [2.45, 2.75) is 0 Å². The lowest BCUT2D eigenvalue weighted by atomic mass is 10.3. The quantitative estimate of drug-likeness (QED) is 0.378. The molecule has 0 aliphatic carbocycles. The van der Waals surface area contributed by atoms with E-state index in [1.165, 1.54) is 24.3 Å². The molecule has 0 aromatic heterocycles. The average molecular weight is 308 g/mol. The Morgan fingerprint density at radius 1 is 0.773 bits per heavy atom. The van der Waals surface area contributed by atoms with Crippen LogP contribution in [-0.4, -0.2) is 11.9 Å². The van der Waals surface area contributed by atoms with Gasteiger partial charge < -0.3 is 20.9 Å². The van der Waals surface area contributed by atoms with Crippen LogP contribution >= 0.6 is 0 Å². The number of benzene rings is 2. The van der Waals surface area contributed by atoms with E-state index in [0.29, 0.717) is 0 Å². The van der Waals surface area contributed by atoms with Crippen LogP contribution in [0.1, 0.15) is 0 Å². The van der Waals surface area contributed by atoms with E-state index in [0.717, 1.165) is 12.1 Å². The first-order chi connectivity index (χ1) is 10.4. The summed E-state index contributed by atoms with van der Waals surface area (Å²) in [6, 6.07) is 6.41. The lowest BCUT2D eigenvalue weighted by molar-refractivity contribution is -0.156. The highest BCUT2D eigenvalue weighted by atomic mass is 19.1. The molecule has 0 amide bonds. The summed E-state index contributed by atoms with van der Waals surface area (Å²) in [7, 11) is 0. The molecule has 0 aliphatic rings. The third kappa shape index (κ3) is 3.48. The number of rotatable bonds is 2. The molecule has 8 heteroatoms. The first-order valence-corrected chi connectivity index (χ1v) is 5.91. The molecule has 22 heavy (non-hydrogen) atoms. The summed E-state index contributed by atoms with van der Waals surface area (Å²) < 4.78 is 35.6. The monoisotopic (exact) mass is 308 g/mol. The van der Waals surface area contributed by atoms with Crippen molar-refractivity contribution in [2.75, 3.05) is 11.5 Å². The van der Waals surface area contributed by atoms with Gasteiger partial charge in [-0.15, -0.1) is 0 Å². The van der Waals surface area contributed by atoms with Crippen molar-refractivity contribution in [3.05, 3.63) is 48.0 Å². The Hall–Kier alpha value is -3.16. The van der Waals surface area contributed by atoms with Gasteiger partial charge in [0.15, 0.2) is 0 Å². The third-order valence-electron chi connectivity index (χ3n) is 2.53. The summed E-state index contributed by atoms with van der Waals surface area (Å²) in [5.74, 6) is -4.87. The molecule has 2 aromatic rings. The number of nitrogens with two attached hydrogens (primary N) is 2. The minimum Gasteiger partial charge on any atom is -0.418 e. The molecule has 6 nitrogen and oxygen atoms in total. The Bertz CT molecular complexity index is 686. The van der Waals surface area contributed by atoms with E-state index >= 15 is 0 Å². The Balaban J connectivity index is 2.04. The first-order valence-electron chi connectivity index (χ1n) is 5.91. The second kappa shape index (κ2) is 6.08. The van der Waals surface area contributed by atoms with E-state index in [1.807, 2.05) is 0 Å². The maximum atomic E-state index is 13.2. The molecule has 0 aliphatic heterocycles. The number of carbonyl (C=O) groups is 2. The molecule has 0 radical (unpaired) electrons. The molecule has 2 rings (SSSR count). The van der Waals surface area contributed by atoms with Crippen LogP contribution in [0.3, 0.4) is 0 Å². The van der Waals surface area contributed by atoms with Gasteiger partial charge in [0.05, 0.1) is 11.4 Å². The van der Waals surface area contributed by atoms with Gasteiger partial charge in [0.2, 0.25) is 0 Å². The Labute approximate surface area is 123 Å². The maximum Gasteiger partial charge on any atom is 0.423 e. The zero-order valence-corrected chi connectivity index (χ0v) is 11.0. The standard InChI is InChI=1S/C14H10F2N2O4/c15-9-5-7(1-3-11(9)17)21-13(19)14(20)22-8-2-4-12(18)10(16)6-8/h1-6H,17-18H2. The number of carbonyl (C=O) groups excluding carboxylic acids is 2. The minimum absolute atomic E-state index is 0.139. The smallest absolute Gasteiger partial charge is 0.418 e. The highest BCUT2D eigenvalue weighted by Crippen LogP contribution is 2.20. The van der Waals surface area contributed by atoms with Gasteiger partial charge in [0, 0.05) is 12.1 Å². The lowest BCUT2D eigenvalue weighted by Gasteiger charge is -2.06. The third-order valence-corrected chi connectivity index (χ3v) is 2.53. The fourth-order valence-corrected chi connectivity index (χ4v) is 1.44. The van der Waals surface area contributed by atoms with Crippen molar-refractivity contribution < 1.29 is 27.8 Å². The second-order valence-electron chi connectivity index (χ2n) is 4.15. The number of anilines is 2. The van der Waals surface area contributed by atoms with Crippen molar-refractivity contribution in [1.82, 2.24) is 0 Å². The fourth-order valence-electron chi connectivity index (χ4n) is 1.44.